The molecule has 2 unspecified atom stereocenters. The van der Waals surface area contributed by atoms with Gasteiger partial charge in [0.05, 0.1) is 11.8 Å². The molecule has 1 saturated carbocycles. The quantitative estimate of drug-likeness (QED) is 0.925. The summed E-state index contributed by atoms with van der Waals surface area (Å²) in [6.45, 7) is 5.21. The van der Waals surface area contributed by atoms with Crippen LogP contribution >= 0.6 is 0 Å². The second-order valence-corrected chi connectivity index (χ2v) is 6.65. The number of fused-ring (bicyclic) bond motifs is 1. The molecule has 0 amide bonds. The predicted octanol–water partition coefficient (Wildman–Crippen LogP) is 3.06. The minimum Gasteiger partial charge on any atom is -0.329 e. The minimum absolute atomic E-state index is 0.320. The van der Waals surface area contributed by atoms with E-state index in [2.05, 4.69) is 29.8 Å². The molecule has 0 aromatic carbocycles. The first kappa shape index (κ1) is 14.6. The van der Waals surface area contributed by atoms with Crippen molar-refractivity contribution in [1.29, 1.82) is 5.26 Å². The first-order valence-electron chi connectivity index (χ1n) is 8.42. The summed E-state index contributed by atoms with van der Waals surface area (Å²) in [5, 5.41) is 13.1. The maximum atomic E-state index is 9.63. The Morgan fingerprint density at radius 2 is 2.24 bits per heavy atom. The third-order valence-electron chi connectivity index (χ3n) is 5.13. The van der Waals surface area contributed by atoms with Crippen molar-refractivity contribution in [2.45, 2.75) is 76.8 Å². The van der Waals surface area contributed by atoms with Gasteiger partial charge in [0, 0.05) is 11.7 Å². The Hall–Kier alpha value is -1.34. The van der Waals surface area contributed by atoms with Gasteiger partial charge in [-0.1, -0.05) is 6.92 Å². The smallest absolute Gasteiger partial charge is 0.108 e. The van der Waals surface area contributed by atoms with Crippen molar-refractivity contribution in [3.05, 3.63) is 17.2 Å². The number of aromatic nitrogens is 2. The van der Waals surface area contributed by atoms with E-state index in [1.54, 1.807) is 0 Å². The fourth-order valence-corrected chi connectivity index (χ4v) is 4.09. The van der Waals surface area contributed by atoms with Gasteiger partial charge in [-0.15, -0.1) is 0 Å². The van der Waals surface area contributed by atoms with Crippen molar-refractivity contribution >= 4 is 0 Å². The van der Waals surface area contributed by atoms with Crippen LogP contribution in [-0.2, 0) is 12.8 Å². The number of imidazole rings is 1. The zero-order valence-electron chi connectivity index (χ0n) is 13.3. The van der Waals surface area contributed by atoms with E-state index in [1.807, 2.05) is 0 Å². The highest BCUT2D eigenvalue weighted by atomic mass is 15.1. The van der Waals surface area contributed by atoms with E-state index in [4.69, 9.17) is 4.98 Å². The fourth-order valence-electron chi connectivity index (χ4n) is 4.09. The molecule has 0 spiro atoms. The van der Waals surface area contributed by atoms with Crippen molar-refractivity contribution in [2.75, 3.05) is 6.54 Å². The van der Waals surface area contributed by atoms with Gasteiger partial charge in [0.2, 0.25) is 0 Å². The van der Waals surface area contributed by atoms with Crippen molar-refractivity contribution in [3.8, 4) is 6.07 Å². The third-order valence-corrected chi connectivity index (χ3v) is 5.13. The Balaban J connectivity index is 1.83. The number of aryl methyl sites for hydroxylation is 2. The largest absolute Gasteiger partial charge is 0.329 e. The van der Waals surface area contributed by atoms with Crippen LogP contribution < -0.4 is 5.32 Å². The normalized spacial score (nSPS) is 28.3. The standard InChI is InChI=1S/C17H26N4/c1-3-10-19-17(12-18)9-8-14(11-17)21-13(2)20-15-6-4-5-7-16(15)21/h14,19H,3-11H2,1-2H3. The van der Waals surface area contributed by atoms with Crippen LogP contribution in [0, 0.1) is 18.3 Å². The van der Waals surface area contributed by atoms with Crippen molar-refractivity contribution in [2.24, 2.45) is 0 Å². The number of nitrogens with zero attached hydrogens (tertiary/aromatic N) is 3. The number of nitriles is 1. The Labute approximate surface area is 127 Å². The van der Waals surface area contributed by atoms with Crippen molar-refractivity contribution in [1.82, 2.24) is 14.9 Å². The third kappa shape index (κ3) is 2.60. The molecule has 2 atom stereocenters. The van der Waals surface area contributed by atoms with Gasteiger partial charge in [0.15, 0.2) is 0 Å². The van der Waals surface area contributed by atoms with Crippen LogP contribution in [0.15, 0.2) is 0 Å². The molecule has 0 saturated heterocycles. The maximum absolute atomic E-state index is 9.63. The van der Waals surface area contributed by atoms with Gasteiger partial charge in [-0.3, -0.25) is 5.32 Å². The van der Waals surface area contributed by atoms with Gasteiger partial charge >= 0.3 is 0 Å². The molecule has 1 N–H and O–H groups in total. The predicted molar refractivity (Wildman–Crippen MR) is 83.1 cm³/mol. The maximum Gasteiger partial charge on any atom is 0.108 e. The van der Waals surface area contributed by atoms with Gasteiger partial charge in [0.25, 0.3) is 0 Å². The monoisotopic (exact) mass is 286 g/mol. The topological polar surface area (TPSA) is 53.6 Å². The van der Waals surface area contributed by atoms with Crippen LogP contribution in [0.4, 0.5) is 0 Å². The average Bonchev–Trinajstić information content (AvgIpc) is 3.05. The highest BCUT2D eigenvalue weighted by Gasteiger charge is 2.41. The number of hydrogen-bond donors (Lipinski definition) is 1. The SMILES string of the molecule is CCCNC1(C#N)CCC(n2c(C)nc3c2CCCC3)C1. The molecule has 2 aliphatic carbocycles. The minimum atomic E-state index is -0.320. The molecule has 0 radical (unpaired) electrons. The van der Waals surface area contributed by atoms with Crippen LogP contribution in [0.5, 0.6) is 0 Å². The summed E-state index contributed by atoms with van der Waals surface area (Å²) in [5.41, 5.74) is 2.45. The molecule has 3 rings (SSSR count). The second kappa shape index (κ2) is 5.81. The molecule has 0 aliphatic heterocycles. The first-order chi connectivity index (χ1) is 10.2. The van der Waals surface area contributed by atoms with Gasteiger partial charge in [-0.05, 0) is 64.8 Å². The molecule has 1 aromatic rings. The zero-order valence-corrected chi connectivity index (χ0v) is 13.3. The number of nitrogens with one attached hydrogen (secondary N) is 1. The highest BCUT2D eigenvalue weighted by Crippen LogP contribution is 2.40. The van der Waals surface area contributed by atoms with Crippen LogP contribution in [-0.4, -0.2) is 21.6 Å². The highest BCUT2D eigenvalue weighted by molar-refractivity contribution is 5.23. The molecule has 0 bridgehead atoms. The van der Waals surface area contributed by atoms with Crippen molar-refractivity contribution < 1.29 is 0 Å². The molecule has 1 fully saturated rings. The molecule has 1 heterocycles. The molecule has 4 heteroatoms. The van der Waals surface area contributed by atoms with E-state index in [0.29, 0.717) is 6.04 Å². The lowest BCUT2D eigenvalue weighted by Crippen LogP contribution is -2.42. The Kier molecular flexibility index (Phi) is 4.03. The van der Waals surface area contributed by atoms with E-state index in [9.17, 15) is 5.26 Å². The van der Waals surface area contributed by atoms with E-state index >= 15 is 0 Å². The Morgan fingerprint density at radius 3 is 3.00 bits per heavy atom. The van der Waals surface area contributed by atoms with Gasteiger partial charge in [-0.2, -0.15) is 5.26 Å². The molecule has 1 aromatic heterocycles. The van der Waals surface area contributed by atoms with Crippen molar-refractivity contribution in [3.63, 3.8) is 0 Å². The lowest BCUT2D eigenvalue weighted by Gasteiger charge is -2.24. The summed E-state index contributed by atoms with van der Waals surface area (Å²) in [4.78, 5) is 4.79. The molecular formula is C17H26N4. The summed E-state index contributed by atoms with van der Waals surface area (Å²) in [6, 6.07) is 3.01. The molecule has 114 valence electrons. The fraction of sp³-hybridized carbons (Fsp3) is 0.765. The lowest BCUT2D eigenvalue weighted by atomic mass is 9.98. The zero-order chi connectivity index (χ0) is 14.9. The summed E-state index contributed by atoms with van der Waals surface area (Å²) < 4.78 is 2.46. The van der Waals surface area contributed by atoms with E-state index in [-0.39, 0.29) is 5.54 Å². The van der Waals surface area contributed by atoms with Gasteiger partial charge in [-0.25, -0.2) is 4.98 Å². The van der Waals surface area contributed by atoms with Gasteiger partial charge in [0.1, 0.15) is 11.4 Å². The molecular weight excluding hydrogens is 260 g/mol. The van der Waals surface area contributed by atoms with Crippen LogP contribution in [0.25, 0.3) is 0 Å². The number of hydrogen-bond acceptors (Lipinski definition) is 3. The van der Waals surface area contributed by atoms with E-state index < -0.39 is 0 Å². The summed E-state index contributed by atoms with van der Waals surface area (Å²) in [6.07, 6.45) is 8.90. The van der Waals surface area contributed by atoms with E-state index in [1.165, 1.54) is 24.2 Å². The van der Waals surface area contributed by atoms with Crippen LogP contribution in [0.1, 0.15) is 68.7 Å². The van der Waals surface area contributed by atoms with Gasteiger partial charge < -0.3 is 4.57 Å². The average molecular weight is 286 g/mol. The molecule has 21 heavy (non-hydrogen) atoms. The molecule has 2 aliphatic rings. The van der Waals surface area contributed by atoms with Crippen LogP contribution in [0.2, 0.25) is 0 Å². The second-order valence-electron chi connectivity index (χ2n) is 6.65. The summed E-state index contributed by atoms with van der Waals surface area (Å²) >= 11 is 0. The summed E-state index contributed by atoms with van der Waals surface area (Å²) in [7, 11) is 0. The first-order valence-corrected chi connectivity index (χ1v) is 8.42. The lowest BCUT2D eigenvalue weighted by molar-refractivity contribution is 0.393. The number of rotatable bonds is 4. The Bertz CT molecular complexity index is 554. The van der Waals surface area contributed by atoms with E-state index in [0.717, 1.165) is 50.9 Å². The summed E-state index contributed by atoms with van der Waals surface area (Å²) in [5.74, 6) is 1.15. The molecule has 4 nitrogen and oxygen atoms in total. The van der Waals surface area contributed by atoms with Crippen LogP contribution in [0.3, 0.4) is 0 Å². The Morgan fingerprint density at radius 1 is 1.43 bits per heavy atom.